The Bertz CT molecular complexity index is 4880. The van der Waals surface area contributed by atoms with E-state index in [9.17, 15) is 5.26 Å². The molecule has 3 heterocycles. The first kappa shape index (κ1) is 55.2. The first-order valence-corrected chi connectivity index (χ1v) is 29.5. The van der Waals surface area contributed by atoms with Crippen LogP contribution in [0.25, 0.3) is 120 Å². The lowest BCUT2D eigenvalue weighted by Gasteiger charge is -2.32. The molecular weight excluding hydrogens is 1120 g/mol. The van der Waals surface area contributed by atoms with E-state index in [1.807, 2.05) is 18.3 Å². The zero-order chi connectivity index (χ0) is 58.9. The Morgan fingerprint density at radius 3 is 1.07 bits per heavy atom. The molecule has 0 spiro atoms. The molecule has 0 saturated carbocycles. The smallest absolute Gasteiger partial charge is 0.399 e. The van der Waals surface area contributed by atoms with Crippen molar-refractivity contribution < 1.29 is 9.31 Å². The molecule has 12 aromatic carbocycles. The van der Waals surface area contributed by atoms with Crippen LogP contribution in [0.2, 0.25) is 0 Å². The first-order chi connectivity index (χ1) is 41.9. The van der Waals surface area contributed by atoms with E-state index >= 15 is 0 Å². The standard InChI is InChI=1S/C36H31BO2.C36H22N2.C6H3BrN2/c1-35(2)36(3,4)39-37(38-35)28-21-20-25-22-27(19-18-26(25)23-28)34-31-16-10-8-14-29(31)33(24-12-6-5-7-13-24)30-15-9-11-17-32(30)34;37-21-24-18-30(23-38-22-24)28-15-14-27-20-29(17-16-26(27)19-28)36-33-12-6-4-10-31(33)35(25-8-2-1-3-9-25)32-11-5-7-13-34(32)36;7-6-1-5(2-8)3-9-4-6/h5-23H,1-4H3;1-20,22-23H;1,3-4H. The molecule has 0 aliphatic carbocycles. The minimum Gasteiger partial charge on any atom is -0.399 e. The Morgan fingerprint density at radius 2 is 0.674 bits per heavy atom. The number of hydrogen-bond acceptors (Lipinski definition) is 6. The summed E-state index contributed by atoms with van der Waals surface area (Å²) >= 11 is 3.19. The molecule has 8 heteroatoms. The van der Waals surface area contributed by atoms with Crippen molar-refractivity contribution in [2.24, 2.45) is 0 Å². The summed E-state index contributed by atoms with van der Waals surface area (Å²) < 4.78 is 13.5. The van der Waals surface area contributed by atoms with Crippen LogP contribution in [0.3, 0.4) is 0 Å². The van der Waals surface area contributed by atoms with Crippen LogP contribution in [0.5, 0.6) is 0 Å². The number of nitrogens with zero attached hydrogens (tertiary/aromatic N) is 4. The lowest BCUT2D eigenvalue weighted by atomic mass is 9.78. The Morgan fingerprint density at radius 1 is 0.337 bits per heavy atom. The minimum absolute atomic E-state index is 0.357. The Balaban J connectivity index is 0.000000139. The van der Waals surface area contributed by atoms with Gasteiger partial charge in [-0.15, -0.1) is 0 Å². The third-order valence-electron chi connectivity index (χ3n) is 16.8. The molecule has 0 N–H and O–H groups in total. The van der Waals surface area contributed by atoms with E-state index in [4.69, 9.17) is 14.6 Å². The highest BCUT2D eigenvalue weighted by atomic mass is 79.9. The lowest BCUT2D eigenvalue weighted by Crippen LogP contribution is -2.41. The van der Waals surface area contributed by atoms with Crippen molar-refractivity contribution in [3.05, 3.63) is 283 Å². The second kappa shape index (κ2) is 23.2. The van der Waals surface area contributed by atoms with Crippen LogP contribution in [0.15, 0.2) is 272 Å². The molecule has 0 amide bonds. The molecular formula is C78H56BBrN4O2. The number of fused-ring (bicyclic) bond motifs is 6. The van der Waals surface area contributed by atoms with Crippen LogP contribution < -0.4 is 5.46 Å². The number of halogens is 1. The van der Waals surface area contributed by atoms with Gasteiger partial charge in [0.05, 0.1) is 22.3 Å². The number of pyridine rings is 2. The summed E-state index contributed by atoms with van der Waals surface area (Å²) in [7, 11) is -0.363. The molecule has 0 unspecified atom stereocenters. The molecule has 15 rings (SSSR count). The van der Waals surface area contributed by atoms with Crippen molar-refractivity contribution in [1.82, 2.24) is 9.97 Å². The van der Waals surface area contributed by atoms with Gasteiger partial charge in [0.2, 0.25) is 0 Å². The number of benzene rings is 12. The first-order valence-electron chi connectivity index (χ1n) is 28.7. The van der Waals surface area contributed by atoms with Gasteiger partial charge >= 0.3 is 7.12 Å². The second-order valence-corrected chi connectivity index (χ2v) is 23.6. The molecule has 1 fully saturated rings. The predicted octanol–water partition coefficient (Wildman–Crippen LogP) is 19.9. The average Bonchev–Trinajstić information content (AvgIpc) is 1.07. The van der Waals surface area contributed by atoms with E-state index in [2.05, 4.69) is 290 Å². The fourth-order valence-electron chi connectivity index (χ4n) is 12.0. The molecule has 86 heavy (non-hydrogen) atoms. The highest BCUT2D eigenvalue weighted by Crippen LogP contribution is 2.46. The van der Waals surface area contributed by atoms with Crippen molar-refractivity contribution in [3.63, 3.8) is 0 Å². The van der Waals surface area contributed by atoms with Crippen LogP contribution in [-0.2, 0) is 9.31 Å². The van der Waals surface area contributed by atoms with Crippen molar-refractivity contribution in [2.45, 2.75) is 38.9 Å². The number of rotatable bonds is 6. The lowest BCUT2D eigenvalue weighted by molar-refractivity contribution is 0.00578. The van der Waals surface area contributed by atoms with Crippen molar-refractivity contribution in [1.29, 1.82) is 10.5 Å². The largest absolute Gasteiger partial charge is 0.494 e. The second-order valence-electron chi connectivity index (χ2n) is 22.7. The van der Waals surface area contributed by atoms with Gasteiger partial charge in [-0.1, -0.05) is 212 Å². The molecule has 14 aromatic rings. The highest BCUT2D eigenvalue weighted by molar-refractivity contribution is 9.10. The quantitative estimate of drug-likeness (QED) is 0.122. The molecule has 1 aliphatic rings. The summed E-state index contributed by atoms with van der Waals surface area (Å²) in [6, 6.07) is 90.8. The minimum atomic E-state index is -0.363. The maximum atomic E-state index is 9.26. The van der Waals surface area contributed by atoms with Gasteiger partial charge in [0.25, 0.3) is 0 Å². The maximum Gasteiger partial charge on any atom is 0.494 e. The van der Waals surface area contributed by atoms with Crippen LogP contribution in [0.1, 0.15) is 38.8 Å². The van der Waals surface area contributed by atoms with Crippen LogP contribution in [-0.4, -0.2) is 28.3 Å². The van der Waals surface area contributed by atoms with Gasteiger partial charge in [-0.3, -0.25) is 9.97 Å². The molecule has 0 radical (unpaired) electrons. The highest BCUT2D eigenvalue weighted by Gasteiger charge is 2.51. The molecule has 410 valence electrons. The van der Waals surface area contributed by atoms with E-state index in [-0.39, 0.29) is 18.3 Å². The number of nitriles is 2. The zero-order valence-electron chi connectivity index (χ0n) is 48.0. The number of hydrogen-bond donors (Lipinski definition) is 0. The predicted molar refractivity (Wildman–Crippen MR) is 360 cm³/mol. The van der Waals surface area contributed by atoms with E-state index in [0.29, 0.717) is 11.1 Å². The van der Waals surface area contributed by atoms with E-state index in [1.54, 1.807) is 18.5 Å². The van der Waals surface area contributed by atoms with Gasteiger partial charge in [-0.25, -0.2) is 0 Å². The van der Waals surface area contributed by atoms with Crippen LogP contribution in [0.4, 0.5) is 0 Å². The van der Waals surface area contributed by atoms with Crippen molar-refractivity contribution in [3.8, 4) is 67.8 Å². The van der Waals surface area contributed by atoms with Gasteiger partial charge in [0, 0.05) is 34.8 Å². The van der Waals surface area contributed by atoms with Gasteiger partial charge in [-0.2, -0.15) is 10.5 Å². The Labute approximate surface area is 509 Å². The third kappa shape index (κ3) is 10.6. The molecule has 6 nitrogen and oxygen atoms in total. The summed E-state index contributed by atoms with van der Waals surface area (Å²) in [5, 5.41) is 32.4. The van der Waals surface area contributed by atoms with Crippen LogP contribution in [0, 0.1) is 22.7 Å². The van der Waals surface area contributed by atoms with Gasteiger partial charge in [-0.05, 0) is 194 Å². The van der Waals surface area contributed by atoms with E-state index in [1.165, 1.54) is 110 Å². The maximum absolute atomic E-state index is 9.26. The summed E-state index contributed by atoms with van der Waals surface area (Å²) in [6.07, 6.45) is 6.56. The van der Waals surface area contributed by atoms with Gasteiger partial charge in [0.15, 0.2) is 0 Å². The molecule has 2 aromatic heterocycles. The normalized spacial score (nSPS) is 13.2. The van der Waals surface area contributed by atoms with Gasteiger partial charge < -0.3 is 9.31 Å². The van der Waals surface area contributed by atoms with Gasteiger partial charge in [0.1, 0.15) is 12.1 Å². The van der Waals surface area contributed by atoms with Crippen LogP contribution >= 0.6 is 15.9 Å². The average molecular weight is 1170 g/mol. The molecule has 0 bridgehead atoms. The number of aromatic nitrogens is 2. The molecule has 1 saturated heterocycles. The fraction of sp³-hybridized carbons (Fsp3) is 0.0769. The zero-order valence-corrected chi connectivity index (χ0v) is 49.6. The summed E-state index contributed by atoms with van der Waals surface area (Å²) in [5.74, 6) is 0. The fourth-order valence-corrected chi connectivity index (χ4v) is 12.3. The van der Waals surface area contributed by atoms with Crippen molar-refractivity contribution in [2.75, 3.05) is 0 Å². The molecule has 1 aliphatic heterocycles. The summed E-state index contributed by atoms with van der Waals surface area (Å²) in [4.78, 5) is 8.02. The van der Waals surface area contributed by atoms with E-state index < -0.39 is 0 Å². The Kier molecular flexibility index (Phi) is 14.9. The third-order valence-corrected chi connectivity index (χ3v) is 17.3. The Hall–Kier alpha value is -10.1. The van der Waals surface area contributed by atoms with Crippen molar-refractivity contribution >= 4 is 93.1 Å². The molecule has 0 atom stereocenters. The summed E-state index contributed by atoms with van der Waals surface area (Å²) in [5.41, 5.74) is 13.5. The van der Waals surface area contributed by atoms with E-state index in [0.717, 1.165) is 26.4 Å². The summed E-state index contributed by atoms with van der Waals surface area (Å²) in [6.45, 7) is 8.38. The topological polar surface area (TPSA) is 91.8 Å². The monoisotopic (exact) mass is 1170 g/mol. The SMILES string of the molecule is CC1(C)OB(c2ccc3cc(-c4c5ccccc5c(-c5ccccc5)c5ccccc45)ccc3c2)OC1(C)C.N#Cc1cncc(-c2ccc3cc(-c4c5ccccc5c(-c5ccccc5)c5ccccc45)ccc3c2)c1.N#Cc1cncc(Br)c1.